The van der Waals surface area contributed by atoms with Gasteiger partial charge in [-0.25, -0.2) is 14.8 Å². The van der Waals surface area contributed by atoms with Crippen LogP contribution in [0.3, 0.4) is 0 Å². The molecule has 1 amide bonds. The summed E-state index contributed by atoms with van der Waals surface area (Å²) in [7, 11) is 0. The Bertz CT molecular complexity index is 1660. The van der Waals surface area contributed by atoms with Gasteiger partial charge in [0.05, 0.1) is 5.52 Å². The first-order valence-corrected chi connectivity index (χ1v) is 12.8. The van der Waals surface area contributed by atoms with Crippen LogP contribution in [0.4, 0.5) is 19.0 Å². The molecule has 39 heavy (non-hydrogen) atoms. The summed E-state index contributed by atoms with van der Waals surface area (Å²) in [4.78, 5) is 44.6. The molecule has 13 heteroatoms. The molecule has 0 saturated carbocycles. The number of fused-ring (bicyclic) bond motifs is 1. The van der Waals surface area contributed by atoms with Crippen molar-refractivity contribution in [2.45, 2.75) is 26.1 Å². The van der Waals surface area contributed by atoms with Crippen LogP contribution < -0.4 is 16.1 Å². The zero-order valence-electron chi connectivity index (χ0n) is 20.5. The van der Waals surface area contributed by atoms with Crippen LogP contribution >= 0.6 is 11.3 Å². The van der Waals surface area contributed by atoms with Crippen LogP contribution in [0.15, 0.2) is 46.8 Å². The minimum Gasteiger partial charge on any atom is -0.477 e. The van der Waals surface area contributed by atoms with Crippen molar-refractivity contribution < 1.29 is 27.9 Å². The molecule has 4 aromatic rings. The van der Waals surface area contributed by atoms with Crippen LogP contribution in [0.25, 0.3) is 32.6 Å². The number of nitrogens with zero attached hydrogens (tertiary/aromatic N) is 3. The van der Waals surface area contributed by atoms with Gasteiger partial charge in [0.15, 0.2) is 5.69 Å². The van der Waals surface area contributed by atoms with E-state index in [1.807, 2.05) is 0 Å². The lowest BCUT2D eigenvalue weighted by atomic mass is 9.99. The zero-order chi connectivity index (χ0) is 27.9. The molecule has 0 bridgehead atoms. The summed E-state index contributed by atoms with van der Waals surface area (Å²) in [5.41, 5.74) is -0.505. The maximum absolute atomic E-state index is 13.3. The summed E-state index contributed by atoms with van der Waals surface area (Å²) in [5.74, 6) is -1.38. The van der Waals surface area contributed by atoms with E-state index in [9.17, 15) is 32.7 Å². The fraction of sp³-hybridized carbons (Fsp3) is 0.269. The molecule has 3 N–H and O–H groups in total. The first-order valence-electron chi connectivity index (χ1n) is 11.9. The van der Waals surface area contributed by atoms with Crippen LogP contribution in [0.5, 0.6) is 0 Å². The minimum absolute atomic E-state index is 0.0388. The molecular formula is C26H22F3N5O4S. The number of carboxylic acids is 1. The molecule has 202 valence electrons. The normalized spacial score (nSPS) is 15.5. The zero-order valence-corrected chi connectivity index (χ0v) is 21.3. The third-order valence-corrected chi connectivity index (χ3v) is 7.35. The van der Waals surface area contributed by atoms with Gasteiger partial charge in [-0.1, -0.05) is 6.07 Å². The van der Waals surface area contributed by atoms with Crippen LogP contribution in [0.1, 0.15) is 29.4 Å². The van der Waals surface area contributed by atoms with Crippen molar-refractivity contribution in [3.8, 4) is 21.7 Å². The van der Waals surface area contributed by atoms with Crippen LogP contribution in [-0.2, 0) is 17.5 Å². The predicted octanol–water partition coefficient (Wildman–Crippen LogP) is 4.47. The summed E-state index contributed by atoms with van der Waals surface area (Å²) in [5, 5.41) is 16.6. The van der Waals surface area contributed by atoms with Crippen molar-refractivity contribution in [1.29, 1.82) is 0 Å². The molecule has 1 aromatic carbocycles. The third kappa shape index (κ3) is 5.40. The van der Waals surface area contributed by atoms with Crippen molar-refractivity contribution >= 4 is 39.9 Å². The molecule has 1 aliphatic rings. The van der Waals surface area contributed by atoms with Crippen molar-refractivity contribution in [3.63, 3.8) is 0 Å². The molecule has 1 atom stereocenters. The lowest BCUT2D eigenvalue weighted by Crippen LogP contribution is -2.21. The van der Waals surface area contributed by atoms with Gasteiger partial charge >= 0.3 is 12.1 Å². The van der Waals surface area contributed by atoms with Crippen LogP contribution in [-0.4, -0.2) is 44.6 Å². The molecule has 0 spiro atoms. The van der Waals surface area contributed by atoms with Gasteiger partial charge in [-0.15, -0.1) is 11.3 Å². The first-order chi connectivity index (χ1) is 18.5. The van der Waals surface area contributed by atoms with E-state index in [1.54, 1.807) is 16.7 Å². The smallest absolute Gasteiger partial charge is 0.434 e. The predicted molar refractivity (Wildman–Crippen MR) is 140 cm³/mol. The van der Waals surface area contributed by atoms with Gasteiger partial charge in [-0.3, -0.25) is 9.59 Å². The highest BCUT2D eigenvalue weighted by atomic mass is 32.1. The Morgan fingerprint density at radius 1 is 1.26 bits per heavy atom. The monoisotopic (exact) mass is 557 g/mol. The number of carbonyl (C=O) groups is 2. The number of aromatic carboxylic acids is 1. The Morgan fingerprint density at radius 3 is 2.69 bits per heavy atom. The molecule has 0 aliphatic carbocycles. The van der Waals surface area contributed by atoms with Gasteiger partial charge in [0.2, 0.25) is 11.3 Å². The second kappa shape index (κ2) is 10.2. The van der Waals surface area contributed by atoms with E-state index in [4.69, 9.17) is 0 Å². The van der Waals surface area contributed by atoms with Crippen molar-refractivity contribution in [2.75, 3.05) is 18.4 Å². The fourth-order valence-electron chi connectivity index (χ4n) is 4.66. The number of carbonyl (C=O) groups excluding carboxylic acids is 1. The van der Waals surface area contributed by atoms with E-state index in [0.29, 0.717) is 23.2 Å². The number of pyridine rings is 2. The van der Waals surface area contributed by atoms with Gasteiger partial charge in [-0.2, -0.15) is 13.2 Å². The topological polar surface area (TPSA) is 126 Å². The number of carboxylic acid groups (broad SMARTS) is 1. The fourth-order valence-corrected chi connectivity index (χ4v) is 5.51. The SMILES string of the molecule is CC(=O)Nc1cc(-c2nc(C(F)(F)F)cs2)c(-c2ccc3c(c2)c(=O)c(C(=O)O)cn3CC2CCNC2)cn1. The van der Waals surface area contributed by atoms with E-state index < -0.39 is 29.2 Å². The Balaban J connectivity index is 1.68. The summed E-state index contributed by atoms with van der Waals surface area (Å²) in [6.07, 6.45) is -0.995. The molecule has 0 radical (unpaired) electrons. The number of thiazole rings is 1. The second-order valence-corrected chi connectivity index (χ2v) is 10.1. The number of anilines is 1. The highest BCUT2D eigenvalue weighted by Gasteiger charge is 2.34. The molecular weight excluding hydrogens is 535 g/mol. The number of nitrogens with one attached hydrogen (secondary N) is 2. The Morgan fingerprint density at radius 2 is 2.05 bits per heavy atom. The quantitative estimate of drug-likeness (QED) is 0.319. The molecule has 5 rings (SSSR count). The van der Waals surface area contributed by atoms with E-state index in [2.05, 4.69) is 20.6 Å². The molecule has 9 nitrogen and oxygen atoms in total. The second-order valence-electron chi connectivity index (χ2n) is 9.25. The van der Waals surface area contributed by atoms with Crippen molar-refractivity contribution in [2.24, 2.45) is 5.92 Å². The maximum Gasteiger partial charge on any atom is 0.434 e. The van der Waals surface area contributed by atoms with Gasteiger partial charge in [-0.05, 0) is 49.2 Å². The highest BCUT2D eigenvalue weighted by molar-refractivity contribution is 7.13. The Labute approximate surface area is 223 Å². The summed E-state index contributed by atoms with van der Waals surface area (Å²) in [6, 6.07) is 6.32. The Hall–Kier alpha value is -4.10. The number of amides is 1. The average Bonchev–Trinajstić information content (AvgIpc) is 3.57. The summed E-state index contributed by atoms with van der Waals surface area (Å²) in [6.45, 7) is 3.42. The lowest BCUT2D eigenvalue weighted by Gasteiger charge is -2.17. The highest BCUT2D eigenvalue weighted by Crippen LogP contribution is 2.39. The van der Waals surface area contributed by atoms with Gasteiger partial charge in [0, 0.05) is 47.8 Å². The van der Waals surface area contributed by atoms with Crippen molar-refractivity contribution in [1.82, 2.24) is 19.9 Å². The number of halogens is 3. The van der Waals surface area contributed by atoms with Crippen LogP contribution in [0, 0.1) is 5.92 Å². The molecule has 1 aliphatic heterocycles. The molecule has 4 heterocycles. The van der Waals surface area contributed by atoms with Crippen LogP contribution in [0.2, 0.25) is 0 Å². The largest absolute Gasteiger partial charge is 0.477 e. The maximum atomic E-state index is 13.3. The number of hydrogen-bond donors (Lipinski definition) is 3. The summed E-state index contributed by atoms with van der Waals surface area (Å²) < 4.78 is 41.6. The first kappa shape index (κ1) is 26.5. The van der Waals surface area contributed by atoms with E-state index in [0.717, 1.165) is 36.2 Å². The van der Waals surface area contributed by atoms with Gasteiger partial charge in [0.1, 0.15) is 16.4 Å². The van der Waals surface area contributed by atoms with Crippen molar-refractivity contribution in [3.05, 3.63) is 63.5 Å². The molecule has 1 saturated heterocycles. The molecule has 1 fully saturated rings. The molecule has 3 aromatic heterocycles. The third-order valence-electron chi connectivity index (χ3n) is 6.47. The number of aromatic nitrogens is 3. The summed E-state index contributed by atoms with van der Waals surface area (Å²) >= 11 is 0.778. The average molecular weight is 558 g/mol. The van der Waals surface area contributed by atoms with E-state index in [-0.39, 0.29) is 33.3 Å². The number of benzene rings is 1. The standard InChI is InChI=1S/C26H22F3N5O4S/c1-13(35)32-22-7-16(24-33-21(12-39-24)26(27,28)29)18(9-31-22)15-2-3-20-17(6-15)23(36)19(25(37)38)11-34(20)10-14-4-5-30-8-14/h2-3,6-7,9,11-12,14,30H,4-5,8,10H2,1H3,(H,37,38)(H,31,32,35). The number of alkyl halides is 3. The Kier molecular flexibility index (Phi) is 6.95. The number of rotatable bonds is 6. The molecule has 1 unspecified atom stereocenters. The van der Waals surface area contributed by atoms with E-state index in [1.165, 1.54) is 31.5 Å². The van der Waals surface area contributed by atoms with Gasteiger partial charge in [0.25, 0.3) is 0 Å². The van der Waals surface area contributed by atoms with E-state index >= 15 is 0 Å². The lowest BCUT2D eigenvalue weighted by molar-refractivity contribution is -0.140. The van der Waals surface area contributed by atoms with Gasteiger partial charge < -0.3 is 20.3 Å². The number of hydrogen-bond acceptors (Lipinski definition) is 7. The minimum atomic E-state index is -4.64.